The molecular formula is C11H10O3. The first-order valence-corrected chi connectivity index (χ1v) is 4.33. The molecule has 0 aliphatic heterocycles. The molecule has 0 bridgehead atoms. The molecule has 2 rings (SSSR count). The summed E-state index contributed by atoms with van der Waals surface area (Å²) in [6.45, 7) is 3.58. The van der Waals surface area contributed by atoms with Crippen molar-refractivity contribution in [3.8, 4) is 0 Å². The van der Waals surface area contributed by atoms with Gasteiger partial charge in [0.25, 0.3) is 0 Å². The molecule has 0 aliphatic carbocycles. The number of ketones is 1. The highest BCUT2D eigenvalue weighted by atomic mass is 16.3. The van der Waals surface area contributed by atoms with Crippen molar-refractivity contribution in [3.63, 3.8) is 0 Å². The zero-order valence-corrected chi connectivity index (χ0v) is 8.03. The summed E-state index contributed by atoms with van der Waals surface area (Å²) in [4.78, 5) is 11.8. The smallest absolute Gasteiger partial charge is 0.231 e. The molecular weight excluding hydrogens is 180 g/mol. The van der Waals surface area contributed by atoms with Crippen LogP contribution in [-0.4, -0.2) is 5.78 Å². The van der Waals surface area contributed by atoms with Crippen LogP contribution in [0.25, 0.3) is 0 Å². The van der Waals surface area contributed by atoms with Crippen molar-refractivity contribution in [1.82, 2.24) is 0 Å². The second-order valence-corrected chi connectivity index (χ2v) is 3.13. The third-order valence-electron chi connectivity index (χ3n) is 2.03. The largest absolute Gasteiger partial charge is 0.466 e. The quantitative estimate of drug-likeness (QED) is 0.684. The third kappa shape index (κ3) is 1.37. The lowest BCUT2D eigenvalue weighted by Gasteiger charge is -1.92. The summed E-state index contributed by atoms with van der Waals surface area (Å²) in [5.41, 5.74) is 0.567. The van der Waals surface area contributed by atoms with E-state index in [1.807, 2.05) is 6.92 Å². The molecule has 0 aliphatic rings. The van der Waals surface area contributed by atoms with Crippen LogP contribution >= 0.6 is 0 Å². The van der Waals surface area contributed by atoms with E-state index in [9.17, 15) is 4.79 Å². The molecule has 0 aromatic carbocycles. The summed E-state index contributed by atoms with van der Waals surface area (Å²) < 4.78 is 10.3. The number of hydrogen-bond donors (Lipinski definition) is 0. The SMILES string of the molecule is Cc1cc(C(=O)c2ccco2)c(C)o1. The van der Waals surface area contributed by atoms with Gasteiger partial charge in [-0.3, -0.25) is 4.79 Å². The van der Waals surface area contributed by atoms with Gasteiger partial charge in [0, 0.05) is 0 Å². The Morgan fingerprint density at radius 1 is 1.36 bits per heavy atom. The van der Waals surface area contributed by atoms with Crippen LogP contribution in [0.2, 0.25) is 0 Å². The Bertz CT molecular complexity index is 449. The first kappa shape index (κ1) is 8.81. The monoisotopic (exact) mass is 190 g/mol. The minimum Gasteiger partial charge on any atom is -0.466 e. The Morgan fingerprint density at radius 3 is 2.64 bits per heavy atom. The Labute approximate surface area is 81.3 Å². The Kier molecular flexibility index (Phi) is 2.00. The first-order valence-electron chi connectivity index (χ1n) is 4.33. The van der Waals surface area contributed by atoms with Crippen LogP contribution in [0.4, 0.5) is 0 Å². The van der Waals surface area contributed by atoms with Gasteiger partial charge in [-0.15, -0.1) is 0 Å². The van der Waals surface area contributed by atoms with E-state index in [2.05, 4.69) is 0 Å². The van der Waals surface area contributed by atoms with E-state index in [1.54, 1.807) is 25.1 Å². The second kappa shape index (κ2) is 3.18. The van der Waals surface area contributed by atoms with Crippen molar-refractivity contribution >= 4 is 5.78 Å². The lowest BCUT2D eigenvalue weighted by atomic mass is 10.1. The Balaban J connectivity index is 2.41. The summed E-state index contributed by atoms with van der Waals surface area (Å²) in [6, 6.07) is 5.06. The van der Waals surface area contributed by atoms with Gasteiger partial charge in [-0.25, -0.2) is 0 Å². The molecule has 0 atom stereocenters. The summed E-state index contributed by atoms with van der Waals surface area (Å²) in [7, 11) is 0. The van der Waals surface area contributed by atoms with E-state index >= 15 is 0 Å². The van der Waals surface area contributed by atoms with Gasteiger partial charge in [0.15, 0.2) is 5.76 Å². The molecule has 14 heavy (non-hydrogen) atoms. The molecule has 0 amide bonds. The number of carbonyl (C=O) groups is 1. The van der Waals surface area contributed by atoms with E-state index in [1.165, 1.54) is 6.26 Å². The molecule has 0 spiro atoms. The van der Waals surface area contributed by atoms with Crippen LogP contribution in [0.1, 0.15) is 27.6 Å². The number of furan rings is 2. The van der Waals surface area contributed by atoms with Gasteiger partial charge in [0.2, 0.25) is 5.78 Å². The van der Waals surface area contributed by atoms with Crippen molar-refractivity contribution in [2.45, 2.75) is 13.8 Å². The average molecular weight is 190 g/mol. The zero-order valence-electron chi connectivity index (χ0n) is 8.03. The molecule has 2 aromatic rings. The molecule has 0 saturated heterocycles. The second-order valence-electron chi connectivity index (χ2n) is 3.13. The van der Waals surface area contributed by atoms with Crippen molar-refractivity contribution in [2.24, 2.45) is 0 Å². The van der Waals surface area contributed by atoms with Crippen LogP contribution in [0.3, 0.4) is 0 Å². The highest BCUT2D eigenvalue weighted by Gasteiger charge is 2.17. The van der Waals surface area contributed by atoms with Gasteiger partial charge >= 0.3 is 0 Å². The maximum atomic E-state index is 11.8. The molecule has 3 heteroatoms. The van der Waals surface area contributed by atoms with Crippen LogP contribution in [-0.2, 0) is 0 Å². The van der Waals surface area contributed by atoms with Crippen molar-refractivity contribution in [1.29, 1.82) is 0 Å². The minimum atomic E-state index is -0.135. The molecule has 0 N–H and O–H groups in total. The Hall–Kier alpha value is -1.77. The highest BCUT2D eigenvalue weighted by Crippen LogP contribution is 2.18. The van der Waals surface area contributed by atoms with Gasteiger partial charge in [0.05, 0.1) is 11.8 Å². The van der Waals surface area contributed by atoms with Crippen LogP contribution in [0, 0.1) is 13.8 Å². The molecule has 0 radical (unpaired) electrons. The fraction of sp³-hybridized carbons (Fsp3) is 0.182. The van der Waals surface area contributed by atoms with Crippen LogP contribution < -0.4 is 0 Å². The maximum Gasteiger partial charge on any atom is 0.231 e. The number of carbonyl (C=O) groups excluding carboxylic acids is 1. The summed E-state index contributed by atoms with van der Waals surface area (Å²) in [5.74, 6) is 1.57. The van der Waals surface area contributed by atoms with Crippen molar-refractivity contribution < 1.29 is 13.6 Å². The molecule has 0 fully saturated rings. The van der Waals surface area contributed by atoms with Gasteiger partial charge < -0.3 is 8.83 Å². The van der Waals surface area contributed by atoms with E-state index in [0.29, 0.717) is 17.1 Å². The predicted octanol–water partition coefficient (Wildman–Crippen LogP) is 2.72. The number of rotatable bonds is 2. The van der Waals surface area contributed by atoms with Crippen LogP contribution in [0.15, 0.2) is 33.3 Å². The lowest BCUT2D eigenvalue weighted by Crippen LogP contribution is -1.99. The predicted molar refractivity (Wildman–Crippen MR) is 50.3 cm³/mol. The maximum absolute atomic E-state index is 11.8. The first-order chi connectivity index (χ1) is 6.68. The van der Waals surface area contributed by atoms with E-state index in [0.717, 1.165) is 5.76 Å². The summed E-state index contributed by atoms with van der Waals surface area (Å²) in [5, 5.41) is 0. The van der Waals surface area contributed by atoms with Gasteiger partial charge in [-0.1, -0.05) is 0 Å². The van der Waals surface area contributed by atoms with E-state index < -0.39 is 0 Å². The highest BCUT2D eigenvalue weighted by molar-refractivity contribution is 6.07. The fourth-order valence-electron chi connectivity index (χ4n) is 1.40. The topological polar surface area (TPSA) is 43.4 Å². The molecule has 2 aromatic heterocycles. The summed E-state index contributed by atoms with van der Waals surface area (Å²) >= 11 is 0. The van der Waals surface area contributed by atoms with Gasteiger partial charge in [-0.2, -0.15) is 0 Å². The molecule has 3 nitrogen and oxygen atoms in total. The van der Waals surface area contributed by atoms with Crippen molar-refractivity contribution in [2.75, 3.05) is 0 Å². The number of aryl methyl sites for hydroxylation is 2. The molecule has 72 valence electrons. The normalized spacial score (nSPS) is 10.4. The molecule has 0 saturated carbocycles. The third-order valence-corrected chi connectivity index (χ3v) is 2.03. The zero-order chi connectivity index (χ0) is 10.1. The Morgan fingerprint density at radius 2 is 2.14 bits per heavy atom. The minimum absolute atomic E-state index is 0.135. The van der Waals surface area contributed by atoms with Gasteiger partial charge in [-0.05, 0) is 32.0 Å². The summed E-state index contributed by atoms with van der Waals surface area (Å²) in [6.07, 6.45) is 1.48. The standard InChI is InChI=1S/C11H10O3/c1-7-6-9(8(2)14-7)11(12)10-4-3-5-13-10/h3-6H,1-2H3. The van der Waals surface area contributed by atoms with E-state index in [-0.39, 0.29) is 5.78 Å². The van der Waals surface area contributed by atoms with Gasteiger partial charge in [0.1, 0.15) is 11.5 Å². The molecule has 2 heterocycles. The fourth-order valence-corrected chi connectivity index (χ4v) is 1.40. The van der Waals surface area contributed by atoms with Crippen LogP contribution in [0.5, 0.6) is 0 Å². The average Bonchev–Trinajstić information content (AvgIpc) is 2.73. The molecule has 0 unspecified atom stereocenters. The van der Waals surface area contributed by atoms with E-state index in [4.69, 9.17) is 8.83 Å². The number of hydrogen-bond acceptors (Lipinski definition) is 3. The van der Waals surface area contributed by atoms with Crippen molar-refractivity contribution in [3.05, 3.63) is 47.3 Å². The lowest BCUT2D eigenvalue weighted by molar-refractivity contribution is 0.101.